The predicted molar refractivity (Wildman–Crippen MR) is 197 cm³/mol. The SMILES string of the molecule is C[C@@H]1C[C@H]2C(=O)O[C@@H](C)[C@H](NC(=O)[C@H](Cc3cc(F)cc(F)c3)NC(=O)OC(C)(C)C)C(=O)N3C[C@H](O)C[C@H]3C(=O)N3CCN(C)C[C@H]3C(=O)N[C@@H](C)C(=O)N2C1. The number of aliphatic hydroxyl groups is 1. The summed E-state index contributed by atoms with van der Waals surface area (Å²) in [6, 6.07) is -5.38. The van der Waals surface area contributed by atoms with Gasteiger partial charge in [-0.05, 0) is 71.7 Å². The quantitative estimate of drug-likeness (QED) is 0.284. The van der Waals surface area contributed by atoms with E-state index in [1.54, 1.807) is 27.8 Å². The number of esters is 1. The van der Waals surface area contributed by atoms with E-state index in [2.05, 4.69) is 16.0 Å². The monoisotopic (exact) mass is 805 g/mol. The number of aliphatic hydroxyl groups excluding tert-OH is 1. The number of cyclic esters (lactones) is 1. The molecule has 0 bridgehead atoms. The Morgan fingerprint density at radius 1 is 0.895 bits per heavy atom. The molecule has 0 aromatic heterocycles. The summed E-state index contributed by atoms with van der Waals surface area (Å²) in [5, 5.41) is 18.5. The summed E-state index contributed by atoms with van der Waals surface area (Å²) >= 11 is 0. The number of amides is 6. The molecule has 4 saturated heterocycles. The third-order valence-electron chi connectivity index (χ3n) is 10.5. The molecule has 1 aromatic carbocycles. The van der Waals surface area contributed by atoms with Gasteiger partial charge in [0.1, 0.15) is 59.6 Å². The number of carbonyl (C=O) groups excluding carboxylic acids is 7. The molecule has 0 unspecified atom stereocenters. The molecule has 57 heavy (non-hydrogen) atoms. The van der Waals surface area contributed by atoms with Crippen LogP contribution in [0.15, 0.2) is 18.2 Å². The largest absolute Gasteiger partial charge is 0.458 e. The Morgan fingerprint density at radius 2 is 1.54 bits per heavy atom. The van der Waals surface area contributed by atoms with Crippen LogP contribution in [0.2, 0.25) is 0 Å². The van der Waals surface area contributed by atoms with Gasteiger partial charge in [0.25, 0.3) is 0 Å². The van der Waals surface area contributed by atoms with Gasteiger partial charge in [-0.1, -0.05) is 6.92 Å². The minimum absolute atomic E-state index is 0.0269. The van der Waals surface area contributed by atoms with Gasteiger partial charge in [0.15, 0.2) is 0 Å². The average molecular weight is 806 g/mol. The maximum atomic E-state index is 14.7. The molecule has 0 saturated carbocycles. The average Bonchev–Trinajstić information content (AvgIpc) is 3.69. The maximum absolute atomic E-state index is 14.7. The number of nitrogens with one attached hydrogen (secondary N) is 3. The first-order valence-corrected chi connectivity index (χ1v) is 19.2. The molecule has 4 aliphatic rings. The van der Waals surface area contributed by atoms with Crippen molar-refractivity contribution in [1.82, 2.24) is 35.6 Å². The highest BCUT2D eigenvalue weighted by Gasteiger charge is 2.49. The van der Waals surface area contributed by atoms with Crippen molar-refractivity contribution in [3.8, 4) is 0 Å². The molecule has 19 heteroatoms. The van der Waals surface area contributed by atoms with Crippen molar-refractivity contribution in [2.24, 2.45) is 5.92 Å². The van der Waals surface area contributed by atoms with E-state index >= 15 is 0 Å². The summed E-state index contributed by atoms with van der Waals surface area (Å²) in [6.45, 7) is 9.76. The first kappa shape index (κ1) is 43.2. The van der Waals surface area contributed by atoms with Crippen LogP contribution in [0.3, 0.4) is 0 Å². The van der Waals surface area contributed by atoms with Crippen LogP contribution < -0.4 is 16.0 Å². The van der Waals surface area contributed by atoms with Crippen molar-refractivity contribution in [3.63, 3.8) is 0 Å². The number of fused-ring (bicyclic) bond motifs is 3. The van der Waals surface area contributed by atoms with Crippen LogP contribution in [0.25, 0.3) is 0 Å². The molecule has 5 rings (SSSR count). The lowest BCUT2D eigenvalue weighted by Crippen LogP contribution is -2.65. The molecule has 0 aliphatic carbocycles. The van der Waals surface area contributed by atoms with Gasteiger partial charge in [-0.3, -0.25) is 24.0 Å². The zero-order chi connectivity index (χ0) is 42.1. The van der Waals surface area contributed by atoms with Crippen LogP contribution >= 0.6 is 0 Å². The van der Waals surface area contributed by atoms with E-state index in [9.17, 15) is 47.4 Å². The lowest BCUT2D eigenvalue weighted by Gasteiger charge is -2.42. The van der Waals surface area contributed by atoms with Crippen LogP contribution in [0.1, 0.15) is 59.9 Å². The third-order valence-corrected chi connectivity index (χ3v) is 10.5. The second-order valence-electron chi connectivity index (χ2n) is 16.6. The number of benzene rings is 1. The van der Waals surface area contributed by atoms with Gasteiger partial charge in [-0.15, -0.1) is 0 Å². The standard InChI is InChI=1S/C38H53F2N7O10/c1-19-10-28-36(54)56-21(3)30(43-31(49)26(42-37(55)57-38(4,5)6)13-22-11-23(39)14-24(40)12-22)35(53)47-17-25(48)15-27(47)34(52)45-9-8-44(7)18-29(45)32(50)41-20(2)33(51)46(28)16-19/h11-12,14,19-21,25-30,48H,8-10,13,15-18H2,1-7H3,(H,41,50)(H,42,55)(H,43,49)/t19-,20+,21+,25-,26+,27+,28+,29+,30+/m1/s1. The van der Waals surface area contributed by atoms with E-state index in [1.807, 2.05) is 11.8 Å². The van der Waals surface area contributed by atoms with Crippen LogP contribution in [0.4, 0.5) is 13.6 Å². The number of halogens is 2. The summed E-state index contributed by atoms with van der Waals surface area (Å²) in [5.41, 5.74) is -1.04. The van der Waals surface area contributed by atoms with Gasteiger partial charge in [0.05, 0.1) is 6.10 Å². The highest BCUT2D eigenvalue weighted by Crippen LogP contribution is 2.28. The van der Waals surface area contributed by atoms with Crippen LogP contribution in [0, 0.1) is 17.6 Å². The molecule has 17 nitrogen and oxygen atoms in total. The third kappa shape index (κ3) is 10.3. The number of rotatable bonds is 5. The zero-order valence-electron chi connectivity index (χ0n) is 33.3. The van der Waals surface area contributed by atoms with E-state index in [0.717, 1.165) is 17.0 Å². The first-order chi connectivity index (χ1) is 26.6. The fourth-order valence-electron chi connectivity index (χ4n) is 7.79. The molecule has 314 valence electrons. The number of hydrogen-bond donors (Lipinski definition) is 4. The Bertz CT molecular complexity index is 1740. The van der Waals surface area contributed by atoms with Crippen LogP contribution in [-0.2, 0) is 44.7 Å². The summed E-state index contributed by atoms with van der Waals surface area (Å²) < 4.78 is 39.6. The van der Waals surface area contributed by atoms with Gasteiger partial charge in [-0.25, -0.2) is 18.4 Å². The normalized spacial score (nSPS) is 29.9. The number of piperazine rings is 1. The summed E-state index contributed by atoms with van der Waals surface area (Å²) in [6.07, 6.45) is -4.19. The predicted octanol–water partition coefficient (Wildman–Crippen LogP) is -0.323. The lowest BCUT2D eigenvalue weighted by molar-refractivity contribution is -0.163. The fourth-order valence-corrected chi connectivity index (χ4v) is 7.79. The van der Waals surface area contributed by atoms with Crippen LogP contribution in [0.5, 0.6) is 0 Å². The Balaban J connectivity index is 1.54. The van der Waals surface area contributed by atoms with E-state index in [1.165, 1.54) is 23.6 Å². The van der Waals surface area contributed by atoms with Gasteiger partial charge in [0.2, 0.25) is 29.5 Å². The van der Waals surface area contributed by atoms with E-state index < -0.39 is 114 Å². The Kier molecular flexibility index (Phi) is 13.1. The van der Waals surface area contributed by atoms with Gasteiger partial charge in [-0.2, -0.15) is 0 Å². The van der Waals surface area contributed by atoms with Crippen molar-refractivity contribution in [2.45, 2.75) is 115 Å². The van der Waals surface area contributed by atoms with Crippen molar-refractivity contribution < 1.29 is 56.9 Å². The van der Waals surface area contributed by atoms with E-state index in [4.69, 9.17) is 9.47 Å². The number of likely N-dealkylation sites (N-methyl/N-ethyl adjacent to an activating group) is 1. The topological polar surface area (TPSA) is 207 Å². The van der Waals surface area contributed by atoms with Crippen molar-refractivity contribution in [2.75, 3.05) is 39.8 Å². The van der Waals surface area contributed by atoms with E-state index in [0.29, 0.717) is 12.6 Å². The second kappa shape index (κ2) is 17.3. The molecule has 1 aromatic rings. The molecule has 4 heterocycles. The number of ether oxygens (including phenoxy) is 2. The lowest BCUT2D eigenvalue weighted by atomic mass is 10.0. The van der Waals surface area contributed by atoms with E-state index in [-0.39, 0.29) is 50.5 Å². The molecule has 4 fully saturated rings. The highest BCUT2D eigenvalue weighted by atomic mass is 19.1. The Morgan fingerprint density at radius 3 is 2.19 bits per heavy atom. The molecular formula is C38H53F2N7O10. The second-order valence-corrected chi connectivity index (χ2v) is 16.6. The number of alkyl carbamates (subject to hydrolysis) is 1. The molecule has 0 radical (unpaired) electrons. The fraction of sp³-hybridized carbons (Fsp3) is 0.658. The minimum atomic E-state index is -1.75. The van der Waals surface area contributed by atoms with Crippen LogP contribution in [-0.4, -0.2) is 160 Å². The van der Waals surface area contributed by atoms with Gasteiger partial charge in [0, 0.05) is 51.6 Å². The molecular weight excluding hydrogens is 752 g/mol. The molecule has 9 atom stereocenters. The molecule has 0 spiro atoms. The minimum Gasteiger partial charge on any atom is -0.458 e. The molecule has 4 N–H and O–H groups in total. The summed E-state index contributed by atoms with van der Waals surface area (Å²) in [7, 11) is 1.77. The zero-order valence-corrected chi connectivity index (χ0v) is 33.3. The number of nitrogens with zero attached hydrogens (tertiary/aromatic N) is 4. The highest BCUT2D eigenvalue weighted by molar-refractivity contribution is 5.98. The van der Waals surface area contributed by atoms with Gasteiger partial charge < -0.3 is 50.1 Å². The summed E-state index contributed by atoms with van der Waals surface area (Å²) in [4.78, 5) is 103. The summed E-state index contributed by atoms with van der Waals surface area (Å²) in [5.74, 6) is -6.75. The maximum Gasteiger partial charge on any atom is 0.408 e. The van der Waals surface area contributed by atoms with Crippen molar-refractivity contribution in [1.29, 1.82) is 0 Å². The number of hydrogen-bond acceptors (Lipinski definition) is 11. The van der Waals surface area contributed by atoms with Crippen molar-refractivity contribution >= 4 is 41.6 Å². The Hall–Kier alpha value is -4.91. The smallest absolute Gasteiger partial charge is 0.408 e. The van der Waals surface area contributed by atoms with Gasteiger partial charge >= 0.3 is 12.1 Å². The van der Waals surface area contributed by atoms with Crippen molar-refractivity contribution in [3.05, 3.63) is 35.4 Å². The number of carbonyl (C=O) groups is 7. The molecule has 4 aliphatic heterocycles. The molecule has 6 amide bonds. The first-order valence-electron chi connectivity index (χ1n) is 19.2. The Labute approximate surface area is 329 Å².